The Morgan fingerprint density at radius 3 is 1.32 bits per heavy atom. The summed E-state index contributed by atoms with van der Waals surface area (Å²) in [4.78, 5) is 0. The van der Waals surface area contributed by atoms with Gasteiger partial charge in [-0.25, -0.2) is 8.42 Å². The maximum Gasteiger partial charge on any atom is 0.197 e. The van der Waals surface area contributed by atoms with Gasteiger partial charge in [-0.2, -0.15) is 0 Å². The Morgan fingerprint density at radius 2 is 0.973 bits per heavy atom. The fraction of sp³-hybridized carbons (Fsp3) is 0.500. The van der Waals surface area contributed by atoms with Gasteiger partial charge >= 0.3 is 0 Å². The molecule has 4 atom stereocenters. The van der Waals surface area contributed by atoms with Crippen molar-refractivity contribution in [1.29, 1.82) is 0 Å². The van der Waals surface area contributed by atoms with E-state index in [4.69, 9.17) is 39.9 Å². The van der Waals surface area contributed by atoms with Crippen molar-refractivity contribution in [2.45, 2.75) is 39.0 Å². The van der Waals surface area contributed by atoms with Crippen LogP contribution in [0.2, 0.25) is 0 Å². The molecule has 0 heterocycles. The lowest BCUT2D eigenvalue weighted by molar-refractivity contribution is -0.129. The van der Waals surface area contributed by atoms with Crippen LogP contribution in [0.5, 0.6) is 11.5 Å². The molecule has 4 unspecified atom stereocenters. The molecule has 6 N–H and O–H groups in total. The normalized spacial score (nSPS) is 15.0. The van der Waals surface area contributed by atoms with Gasteiger partial charge in [0.25, 0.3) is 0 Å². The molecule has 0 aliphatic rings. The molecule has 0 amide bonds. The van der Waals surface area contributed by atoms with Crippen molar-refractivity contribution in [1.82, 2.24) is 0 Å². The quantitative estimate of drug-likeness (QED) is 0.119. The fourth-order valence-corrected chi connectivity index (χ4v) is 4.14. The van der Waals surface area contributed by atoms with Crippen LogP contribution in [-0.4, -0.2) is 81.7 Å². The average Bonchev–Trinajstić information content (AvgIpc) is 2.82. The molecule has 0 aliphatic heterocycles. The first-order valence-corrected chi connectivity index (χ1v) is 13.4. The molecule has 0 saturated carbocycles. The van der Waals surface area contributed by atoms with E-state index in [-0.39, 0.29) is 26.4 Å². The molecule has 0 bridgehead atoms. The molecule has 0 radical (unpaired) electrons. The minimum atomic E-state index is -3.88. The van der Waals surface area contributed by atoms with Gasteiger partial charge in [0.05, 0.1) is 26.4 Å². The molecule has 0 aromatic heterocycles. The zero-order valence-electron chi connectivity index (χ0n) is 20.9. The van der Waals surface area contributed by atoms with Gasteiger partial charge in [0, 0.05) is 11.4 Å². The van der Waals surface area contributed by atoms with E-state index < -0.39 is 46.5 Å². The highest BCUT2D eigenvalue weighted by Crippen LogP contribution is 2.16. The van der Waals surface area contributed by atoms with Crippen LogP contribution in [-0.2, 0) is 28.8 Å². The van der Waals surface area contributed by atoms with Crippen molar-refractivity contribution < 1.29 is 47.1 Å². The predicted molar refractivity (Wildman–Crippen MR) is 136 cm³/mol. The maximum atomic E-state index is 12.2. The Bertz CT molecular complexity index is 930. The summed E-state index contributed by atoms with van der Waals surface area (Å²) in [5.74, 6) is -0.286. The third-order valence-electron chi connectivity index (χ3n) is 4.65. The van der Waals surface area contributed by atoms with Gasteiger partial charge in [0.2, 0.25) is 0 Å². The Hall–Kier alpha value is -2.65. The highest BCUT2D eigenvalue weighted by atomic mass is 32.2. The zero-order chi connectivity index (χ0) is 27.3. The summed E-state index contributed by atoms with van der Waals surface area (Å²) in [6, 6.07) is 13.6. The van der Waals surface area contributed by atoms with Crippen LogP contribution in [0, 0.1) is 0 Å². The van der Waals surface area contributed by atoms with Gasteiger partial charge in [0.15, 0.2) is 35.0 Å². The molecular weight excluding hydrogens is 508 g/mol. The van der Waals surface area contributed by atoms with Crippen LogP contribution < -0.4 is 20.9 Å². The number of benzene rings is 2. The number of ether oxygens (including phenoxy) is 6. The number of hydrogen-bond donors (Lipinski definition) is 4. The average molecular weight is 545 g/mol. The third kappa shape index (κ3) is 13.5. The van der Waals surface area contributed by atoms with Crippen LogP contribution in [0.25, 0.3) is 0 Å². The van der Waals surface area contributed by atoms with Crippen LogP contribution in [0.15, 0.2) is 48.5 Å². The fourth-order valence-electron chi connectivity index (χ4n) is 2.94. The molecule has 12 nitrogen and oxygen atoms in total. The Labute approximate surface area is 216 Å². The van der Waals surface area contributed by atoms with Crippen molar-refractivity contribution in [2.75, 3.05) is 49.4 Å². The molecule has 0 fully saturated rings. The summed E-state index contributed by atoms with van der Waals surface area (Å²) in [6.45, 7) is 3.33. The van der Waals surface area contributed by atoms with Gasteiger partial charge in [-0.15, -0.1) is 0 Å². The van der Waals surface area contributed by atoms with E-state index in [0.29, 0.717) is 22.9 Å². The number of aliphatic hydroxyl groups is 2. The molecule has 0 aliphatic carbocycles. The van der Waals surface area contributed by atoms with Crippen molar-refractivity contribution in [3.05, 3.63) is 48.5 Å². The molecule has 0 saturated heterocycles. The minimum absolute atomic E-state index is 0.0550. The van der Waals surface area contributed by atoms with E-state index in [9.17, 15) is 18.6 Å². The number of anilines is 2. The summed E-state index contributed by atoms with van der Waals surface area (Å²) < 4.78 is 56.4. The third-order valence-corrected chi connectivity index (χ3v) is 6.24. The number of nitrogens with two attached hydrogens (primary N) is 2. The van der Waals surface area contributed by atoms with Crippen molar-refractivity contribution in [2.24, 2.45) is 0 Å². The highest BCUT2D eigenvalue weighted by Gasteiger charge is 2.22. The molecule has 2 rings (SSSR count). The molecular formula is C24H36N2O10S. The minimum Gasteiger partial charge on any atom is -0.465 e. The van der Waals surface area contributed by atoms with E-state index in [1.54, 1.807) is 62.4 Å². The summed E-state index contributed by atoms with van der Waals surface area (Å²) in [5.41, 5.74) is 12.4. The van der Waals surface area contributed by atoms with Crippen LogP contribution >= 0.6 is 0 Å². The maximum absolute atomic E-state index is 12.2. The van der Waals surface area contributed by atoms with Gasteiger partial charge in [-0.3, -0.25) is 0 Å². The second-order valence-electron chi connectivity index (χ2n) is 7.98. The summed E-state index contributed by atoms with van der Waals surface area (Å²) >= 11 is 0. The lowest BCUT2D eigenvalue weighted by Crippen LogP contribution is -2.32. The molecule has 37 heavy (non-hydrogen) atoms. The summed E-state index contributed by atoms with van der Waals surface area (Å²) in [6.07, 6.45) is -4.39. The van der Waals surface area contributed by atoms with Gasteiger partial charge in [0.1, 0.15) is 23.0 Å². The Balaban J connectivity index is 1.55. The number of aliphatic hydroxyl groups excluding tert-OH is 2. The molecule has 208 valence electrons. The van der Waals surface area contributed by atoms with Gasteiger partial charge in [-0.05, 0) is 62.4 Å². The number of nitrogen functional groups attached to an aromatic ring is 2. The second-order valence-corrected chi connectivity index (χ2v) is 10.1. The highest BCUT2D eigenvalue weighted by molar-refractivity contribution is 7.91. The lowest BCUT2D eigenvalue weighted by atomic mass is 10.3. The number of sulfone groups is 1. The van der Waals surface area contributed by atoms with Crippen LogP contribution in [0.1, 0.15) is 13.8 Å². The van der Waals surface area contributed by atoms with E-state index in [1.165, 1.54) is 0 Å². The Morgan fingerprint density at radius 1 is 0.649 bits per heavy atom. The first-order chi connectivity index (χ1) is 17.5. The molecule has 2 aromatic rings. The van der Waals surface area contributed by atoms with Crippen LogP contribution in [0.4, 0.5) is 11.4 Å². The van der Waals surface area contributed by atoms with E-state index in [1.807, 2.05) is 0 Å². The first kappa shape index (κ1) is 30.6. The predicted octanol–water partition coefficient (Wildman–Crippen LogP) is 1.12. The van der Waals surface area contributed by atoms with Gasteiger partial charge < -0.3 is 50.1 Å². The van der Waals surface area contributed by atoms with Crippen molar-refractivity contribution in [3.63, 3.8) is 0 Å². The lowest BCUT2D eigenvalue weighted by Gasteiger charge is -2.18. The summed E-state index contributed by atoms with van der Waals surface area (Å²) in [7, 11) is -3.88. The largest absolute Gasteiger partial charge is 0.465 e. The van der Waals surface area contributed by atoms with E-state index >= 15 is 0 Å². The zero-order valence-corrected chi connectivity index (χ0v) is 21.7. The van der Waals surface area contributed by atoms with E-state index in [2.05, 4.69) is 0 Å². The second kappa shape index (κ2) is 15.6. The monoisotopic (exact) mass is 544 g/mol. The number of rotatable bonds is 18. The van der Waals surface area contributed by atoms with Crippen molar-refractivity contribution in [3.8, 4) is 11.5 Å². The molecule has 0 spiro atoms. The SMILES string of the molecule is CC(OCCOC(O)CS(=O)(=O)CC(O)OCCOC(C)Oc1ccc(N)cc1)Oc1ccc(N)cc1. The summed E-state index contributed by atoms with van der Waals surface area (Å²) in [5, 5.41) is 19.7. The van der Waals surface area contributed by atoms with E-state index in [0.717, 1.165) is 0 Å². The van der Waals surface area contributed by atoms with Crippen molar-refractivity contribution >= 4 is 21.2 Å². The standard InChI is InChI=1S/C24H36N2O10S/c1-17(35-21-7-3-19(25)4-8-21)31-11-13-33-23(27)15-37(29,30)16-24(28)34-14-12-32-18(2)36-22-9-5-20(26)6-10-22/h3-10,17-18,23-24,27-28H,11-16,25-26H2,1-2H3. The first-order valence-electron chi connectivity index (χ1n) is 11.6. The topological polar surface area (TPSA) is 182 Å². The van der Waals surface area contributed by atoms with Gasteiger partial charge in [-0.1, -0.05) is 0 Å². The molecule has 13 heteroatoms. The van der Waals surface area contributed by atoms with Crippen LogP contribution in [0.3, 0.4) is 0 Å². The molecule has 2 aromatic carbocycles. The smallest absolute Gasteiger partial charge is 0.197 e. The Kier molecular flexibility index (Phi) is 12.9. The number of hydrogen-bond acceptors (Lipinski definition) is 12.